The number of benzene rings is 8. The van der Waals surface area contributed by atoms with E-state index < -0.39 is 0 Å². The zero-order valence-electron chi connectivity index (χ0n) is 23.5. The van der Waals surface area contributed by atoms with Crippen molar-refractivity contribution in [2.24, 2.45) is 0 Å². The number of hydrogen-bond acceptors (Lipinski definition) is 0. The Morgan fingerprint density at radius 2 is 0.837 bits per heavy atom. The molecule has 0 spiro atoms. The SMILES string of the molecule is c1ccc(-n2c3ccccc3c3c4cc(-c5ccc6ccc(-c7ccc8ccccc8c7)cc6c5)ccc4ccc32)cc1. The molecule has 1 heteroatoms. The molecule has 0 unspecified atom stereocenters. The molecule has 0 aliphatic carbocycles. The van der Waals surface area contributed by atoms with Crippen LogP contribution in [0.15, 0.2) is 164 Å². The van der Waals surface area contributed by atoms with E-state index in [2.05, 4.69) is 168 Å². The van der Waals surface area contributed by atoms with Crippen molar-refractivity contribution >= 4 is 54.1 Å². The van der Waals surface area contributed by atoms with Gasteiger partial charge in [0.25, 0.3) is 0 Å². The highest BCUT2D eigenvalue weighted by molar-refractivity contribution is 6.21. The van der Waals surface area contributed by atoms with Crippen molar-refractivity contribution in [1.29, 1.82) is 0 Å². The van der Waals surface area contributed by atoms with Crippen molar-refractivity contribution in [3.63, 3.8) is 0 Å². The second-order valence-corrected chi connectivity index (χ2v) is 11.4. The van der Waals surface area contributed by atoms with Gasteiger partial charge in [-0.15, -0.1) is 0 Å². The molecule has 0 aliphatic rings. The average molecular weight is 546 g/mol. The minimum atomic E-state index is 1.18. The zero-order chi connectivity index (χ0) is 28.3. The summed E-state index contributed by atoms with van der Waals surface area (Å²) in [6, 6.07) is 59.9. The van der Waals surface area contributed by atoms with Gasteiger partial charge in [0.1, 0.15) is 0 Å². The molecule has 0 aliphatic heterocycles. The third-order valence-corrected chi connectivity index (χ3v) is 8.93. The van der Waals surface area contributed by atoms with E-state index in [-0.39, 0.29) is 0 Å². The van der Waals surface area contributed by atoms with Crippen LogP contribution in [0.5, 0.6) is 0 Å². The number of hydrogen-bond donors (Lipinski definition) is 0. The molecule has 1 nitrogen and oxygen atoms in total. The highest BCUT2D eigenvalue weighted by atomic mass is 15.0. The summed E-state index contributed by atoms with van der Waals surface area (Å²) < 4.78 is 2.39. The fourth-order valence-electron chi connectivity index (χ4n) is 6.80. The number of nitrogens with zero attached hydrogens (tertiary/aromatic N) is 1. The molecule has 0 radical (unpaired) electrons. The van der Waals surface area contributed by atoms with Crippen LogP contribution in [-0.4, -0.2) is 4.57 Å². The van der Waals surface area contributed by atoms with Crippen LogP contribution in [0.4, 0.5) is 0 Å². The second kappa shape index (κ2) is 9.44. The molecule has 0 saturated carbocycles. The molecule has 9 aromatic rings. The van der Waals surface area contributed by atoms with Gasteiger partial charge in [-0.05, 0) is 103 Å². The minimum absolute atomic E-state index is 1.18. The van der Waals surface area contributed by atoms with Gasteiger partial charge in [-0.25, -0.2) is 0 Å². The Bertz CT molecular complexity index is 2500. The van der Waals surface area contributed by atoms with Gasteiger partial charge in [-0.3, -0.25) is 0 Å². The van der Waals surface area contributed by atoms with Crippen molar-refractivity contribution in [3.8, 4) is 27.9 Å². The van der Waals surface area contributed by atoms with E-state index in [4.69, 9.17) is 0 Å². The van der Waals surface area contributed by atoms with Gasteiger partial charge < -0.3 is 4.57 Å². The summed E-state index contributed by atoms with van der Waals surface area (Å²) in [5, 5.41) is 10.2. The van der Waals surface area contributed by atoms with Crippen LogP contribution in [0.1, 0.15) is 0 Å². The largest absolute Gasteiger partial charge is 0.309 e. The molecule has 8 aromatic carbocycles. The molecule has 0 amide bonds. The fourth-order valence-corrected chi connectivity index (χ4v) is 6.80. The van der Waals surface area contributed by atoms with E-state index in [9.17, 15) is 0 Å². The van der Waals surface area contributed by atoms with Crippen molar-refractivity contribution < 1.29 is 0 Å². The topological polar surface area (TPSA) is 4.93 Å². The van der Waals surface area contributed by atoms with Gasteiger partial charge in [0.15, 0.2) is 0 Å². The second-order valence-electron chi connectivity index (χ2n) is 11.4. The molecule has 43 heavy (non-hydrogen) atoms. The Labute approximate surface area is 249 Å². The maximum absolute atomic E-state index is 2.39. The number of para-hydroxylation sites is 2. The number of aromatic nitrogens is 1. The predicted octanol–water partition coefficient (Wildman–Crippen LogP) is 11.6. The lowest BCUT2D eigenvalue weighted by Crippen LogP contribution is -1.92. The summed E-state index contributed by atoms with van der Waals surface area (Å²) in [6.07, 6.45) is 0. The molecule has 9 rings (SSSR count). The molecule has 1 aromatic heterocycles. The Morgan fingerprint density at radius 3 is 1.58 bits per heavy atom. The first-order chi connectivity index (χ1) is 21.3. The molecule has 200 valence electrons. The van der Waals surface area contributed by atoms with Gasteiger partial charge in [0, 0.05) is 16.5 Å². The van der Waals surface area contributed by atoms with E-state index in [0.717, 1.165) is 0 Å². The van der Waals surface area contributed by atoms with Gasteiger partial charge in [0.05, 0.1) is 11.0 Å². The lowest BCUT2D eigenvalue weighted by Gasteiger charge is -2.10. The van der Waals surface area contributed by atoms with E-state index in [1.165, 1.54) is 82.1 Å². The highest BCUT2D eigenvalue weighted by Crippen LogP contribution is 2.39. The molecule has 0 fully saturated rings. The van der Waals surface area contributed by atoms with Crippen LogP contribution in [-0.2, 0) is 0 Å². The Morgan fingerprint density at radius 1 is 0.302 bits per heavy atom. The zero-order valence-corrected chi connectivity index (χ0v) is 23.5. The van der Waals surface area contributed by atoms with Gasteiger partial charge in [-0.2, -0.15) is 0 Å². The van der Waals surface area contributed by atoms with E-state index in [1.54, 1.807) is 0 Å². The van der Waals surface area contributed by atoms with Crippen LogP contribution < -0.4 is 0 Å². The quantitative estimate of drug-likeness (QED) is 0.208. The van der Waals surface area contributed by atoms with Crippen LogP contribution in [0, 0.1) is 0 Å². The van der Waals surface area contributed by atoms with Crippen molar-refractivity contribution in [2.75, 3.05) is 0 Å². The van der Waals surface area contributed by atoms with Crippen molar-refractivity contribution in [2.45, 2.75) is 0 Å². The smallest absolute Gasteiger partial charge is 0.0547 e. The maximum Gasteiger partial charge on any atom is 0.0547 e. The standard InChI is InChI=1S/C42H27N/c1-2-10-37(11-3-1)43-40-13-7-6-12-38(40)42-39-27-35(21-17-30(39)22-23-41(42)43)34-20-16-29-15-19-33(25-36(29)26-34)32-18-14-28-8-4-5-9-31(28)24-32/h1-27H. The lowest BCUT2D eigenvalue weighted by atomic mass is 9.95. The fraction of sp³-hybridized carbons (Fsp3) is 0. The minimum Gasteiger partial charge on any atom is -0.309 e. The third kappa shape index (κ3) is 3.86. The molecule has 0 N–H and O–H groups in total. The summed E-state index contributed by atoms with van der Waals surface area (Å²) in [7, 11) is 0. The molecular formula is C42H27N. The predicted molar refractivity (Wildman–Crippen MR) is 184 cm³/mol. The molecule has 0 saturated heterocycles. The summed E-state index contributed by atoms with van der Waals surface area (Å²) in [6.45, 7) is 0. The van der Waals surface area contributed by atoms with Crippen LogP contribution in [0.3, 0.4) is 0 Å². The third-order valence-electron chi connectivity index (χ3n) is 8.93. The van der Waals surface area contributed by atoms with Gasteiger partial charge >= 0.3 is 0 Å². The summed E-state index contributed by atoms with van der Waals surface area (Å²) in [5.74, 6) is 0. The normalized spacial score (nSPS) is 11.7. The molecule has 1 heterocycles. The monoisotopic (exact) mass is 545 g/mol. The molecule has 0 atom stereocenters. The highest BCUT2D eigenvalue weighted by Gasteiger charge is 2.15. The van der Waals surface area contributed by atoms with Crippen LogP contribution in [0.2, 0.25) is 0 Å². The Kier molecular flexibility index (Phi) is 5.27. The summed E-state index contributed by atoms with van der Waals surface area (Å²) in [5.41, 5.74) is 8.59. The van der Waals surface area contributed by atoms with E-state index in [0.29, 0.717) is 0 Å². The van der Waals surface area contributed by atoms with E-state index in [1.807, 2.05) is 0 Å². The molecular weight excluding hydrogens is 518 g/mol. The van der Waals surface area contributed by atoms with Crippen molar-refractivity contribution in [3.05, 3.63) is 164 Å². The summed E-state index contributed by atoms with van der Waals surface area (Å²) in [4.78, 5) is 0. The van der Waals surface area contributed by atoms with Crippen LogP contribution >= 0.6 is 0 Å². The van der Waals surface area contributed by atoms with Gasteiger partial charge in [-0.1, -0.05) is 115 Å². The lowest BCUT2D eigenvalue weighted by molar-refractivity contribution is 1.18. The number of rotatable bonds is 3. The van der Waals surface area contributed by atoms with Gasteiger partial charge in [0.2, 0.25) is 0 Å². The first kappa shape index (κ1) is 24.0. The first-order valence-corrected chi connectivity index (χ1v) is 14.8. The Hall–Kier alpha value is -5.66. The summed E-state index contributed by atoms with van der Waals surface area (Å²) >= 11 is 0. The van der Waals surface area contributed by atoms with Crippen LogP contribution in [0.25, 0.3) is 82.1 Å². The Balaban J connectivity index is 1.21. The number of fused-ring (bicyclic) bond motifs is 7. The molecule has 0 bridgehead atoms. The maximum atomic E-state index is 2.39. The average Bonchev–Trinajstić information content (AvgIpc) is 3.42. The van der Waals surface area contributed by atoms with E-state index >= 15 is 0 Å². The van der Waals surface area contributed by atoms with Crippen molar-refractivity contribution in [1.82, 2.24) is 4.57 Å². The first-order valence-electron chi connectivity index (χ1n) is 14.8.